The molecule has 0 aromatic carbocycles. The van der Waals surface area contributed by atoms with Crippen molar-refractivity contribution < 1.29 is 28.7 Å². The average Bonchev–Trinajstić information content (AvgIpc) is 3.64. The Labute approximate surface area is 396 Å². The number of thiophene rings is 1. The first kappa shape index (κ1) is 57.4. The van der Waals surface area contributed by atoms with Crippen molar-refractivity contribution in [3.63, 3.8) is 0 Å². The van der Waals surface area contributed by atoms with E-state index in [1.54, 1.807) is 0 Å². The molecule has 0 spiro atoms. The number of esters is 2. The lowest BCUT2D eigenvalue weighted by Gasteiger charge is -2.27. The minimum atomic E-state index is -0.418. The van der Waals surface area contributed by atoms with Gasteiger partial charge in [-0.05, 0) is 103 Å². The van der Waals surface area contributed by atoms with Crippen molar-refractivity contribution in [1.29, 1.82) is 0 Å². The Morgan fingerprint density at radius 1 is 0.656 bits per heavy atom. The number of hydrogen-bond donors (Lipinski definition) is 1. The second-order valence-corrected chi connectivity index (χ2v) is 20.0. The van der Waals surface area contributed by atoms with E-state index >= 15 is 0 Å². The third-order valence-corrected chi connectivity index (χ3v) is 13.7. The molecule has 1 aliphatic rings. The van der Waals surface area contributed by atoms with Crippen molar-refractivity contribution in [2.75, 3.05) is 39.1 Å². The number of carbonyl (C=O) groups excluding carboxylic acids is 4. The highest BCUT2D eigenvalue weighted by Gasteiger charge is 2.31. The van der Waals surface area contributed by atoms with Crippen molar-refractivity contribution >= 4 is 40.1 Å². The van der Waals surface area contributed by atoms with Crippen molar-refractivity contribution in [3.05, 3.63) is 28.2 Å². The molecule has 0 saturated heterocycles. The van der Waals surface area contributed by atoms with E-state index in [-0.39, 0.29) is 30.3 Å². The van der Waals surface area contributed by atoms with E-state index in [0.29, 0.717) is 68.8 Å². The average molecular weight is 914 g/mol. The zero-order valence-electron chi connectivity index (χ0n) is 41.9. The molecule has 0 atom stereocenters. The quantitative estimate of drug-likeness (QED) is 0.0396. The number of rotatable bonds is 41. The van der Waals surface area contributed by atoms with Crippen LogP contribution in [0.4, 0.5) is 5.00 Å². The maximum Gasteiger partial charge on any atom is 0.341 e. The molecule has 0 saturated carbocycles. The van der Waals surface area contributed by atoms with E-state index in [2.05, 4.69) is 43.1 Å². The third-order valence-electron chi connectivity index (χ3n) is 12.6. The van der Waals surface area contributed by atoms with Crippen LogP contribution in [0.5, 0.6) is 0 Å². The smallest absolute Gasteiger partial charge is 0.341 e. The van der Waals surface area contributed by atoms with Gasteiger partial charge in [0.1, 0.15) is 11.1 Å². The van der Waals surface area contributed by atoms with E-state index in [9.17, 15) is 19.2 Å². The number of fused-ring (bicyclic) bond motifs is 1. The SMILES string of the molecule is CCCCCCCC/C=C\CCCCCCCC(=O)N1CCc2c(sc(NC(=O)CCCCC(=O)OC(CCCCCCCC)CCCCCCCC)c2C(=O)OCCCN(C)C)C1. The maximum absolute atomic E-state index is 13.6. The lowest BCUT2D eigenvalue weighted by Crippen LogP contribution is -2.35. The van der Waals surface area contributed by atoms with Crippen molar-refractivity contribution in [2.24, 2.45) is 0 Å². The lowest BCUT2D eigenvalue weighted by molar-refractivity contribution is -0.150. The van der Waals surface area contributed by atoms with E-state index in [0.717, 1.165) is 68.4 Å². The number of carbonyl (C=O) groups is 4. The molecular weight excluding hydrogens is 819 g/mol. The van der Waals surface area contributed by atoms with Crippen LogP contribution in [0.3, 0.4) is 0 Å². The Bertz CT molecular complexity index is 1390. The summed E-state index contributed by atoms with van der Waals surface area (Å²) >= 11 is 1.39. The highest BCUT2D eigenvalue weighted by Crippen LogP contribution is 2.38. The molecular formula is C54H95N3O6S. The van der Waals surface area contributed by atoms with Gasteiger partial charge >= 0.3 is 11.9 Å². The summed E-state index contributed by atoms with van der Waals surface area (Å²) in [6.45, 7) is 8.84. The molecule has 1 aromatic heterocycles. The van der Waals surface area contributed by atoms with Crippen LogP contribution in [0, 0.1) is 0 Å². The number of nitrogens with zero attached hydrogens (tertiary/aromatic N) is 2. The monoisotopic (exact) mass is 914 g/mol. The van der Waals surface area contributed by atoms with Gasteiger partial charge in [0.05, 0.1) is 18.7 Å². The minimum Gasteiger partial charge on any atom is -0.462 e. The van der Waals surface area contributed by atoms with Crippen LogP contribution in [-0.2, 0) is 36.8 Å². The molecule has 2 heterocycles. The zero-order chi connectivity index (χ0) is 46.5. The Morgan fingerprint density at radius 2 is 1.17 bits per heavy atom. The van der Waals surface area contributed by atoms with Gasteiger partial charge in [-0.1, -0.05) is 148 Å². The molecule has 1 aromatic rings. The summed E-state index contributed by atoms with van der Waals surface area (Å²) in [5.41, 5.74) is 1.33. The van der Waals surface area contributed by atoms with Gasteiger partial charge in [-0.2, -0.15) is 0 Å². The Hall–Kier alpha value is -2.72. The number of unbranched alkanes of at least 4 members (excludes halogenated alkanes) is 22. The van der Waals surface area contributed by atoms with Gasteiger partial charge in [-0.25, -0.2) is 4.79 Å². The van der Waals surface area contributed by atoms with Gasteiger partial charge in [0.2, 0.25) is 11.8 Å². The predicted molar refractivity (Wildman–Crippen MR) is 269 cm³/mol. The maximum atomic E-state index is 13.6. The number of amides is 2. The van der Waals surface area contributed by atoms with Gasteiger partial charge < -0.3 is 24.6 Å². The first-order valence-electron chi connectivity index (χ1n) is 26.6. The summed E-state index contributed by atoms with van der Waals surface area (Å²) in [5, 5.41) is 3.54. The molecule has 2 rings (SSSR count). The fraction of sp³-hybridized carbons (Fsp3) is 0.815. The summed E-state index contributed by atoms with van der Waals surface area (Å²) in [6.07, 6.45) is 40.7. The highest BCUT2D eigenvalue weighted by molar-refractivity contribution is 7.17. The van der Waals surface area contributed by atoms with Crippen molar-refractivity contribution in [3.8, 4) is 0 Å². The largest absolute Gasteiger partial charge is 0.462 e. The Kier molecular flexibility index (Phi) is 34.4. The number of anilines is 1. The van der Waals surface area contributed by atoms with E-state index < -0.39 is 5.97 Å². The number of ether oxygens (including phenoxy) is 2. The molecule has 368 valence electrons. The van der Waals surface area contributed by atoms with Crippen LogP contribution in [-0.4, -0.2) is 73.4 Å². The molecule has 0 bridgehead atoms. The van der Waals surface area contributed by atoms with Crippen LogP contribution in [0.2, 0.25) is 0 Å². The van der Waals surface area contributed by atoms with Crippen molar-refractivity contribution in [1.82, 2.24) is 9.80 Å². The fourth-order valence-corrected chi connectivity index (χ4v) is 9.87. The van der Waals surface area contributed by atoms with Crippen LogP contribution in [0.1, 0.15) is 253 Å². The lowest BCUT2D eigenvalue weighted by atomic mass is 10.0. The number of allylic oxidation sites excluding steroid dienone is 2. The second kappa shape index (κ2) is 38.4. The molecule has 1 N–H and O–H groups in total. The number of nitrogens with one attached hydrogen (secondary N) is 1. The summed E-state index contributed by atoms with van der Waals surface area (Å²) < 4.78 is 11.8. The van der Waals surface area contributed by atoms with Gasteiger partial charge in [0.25, 0.3) is 0 Å². The minimum absolute atomic E-state index is 0.0164. The third kappa shape index (κ3) is 27.7. The van der Waals surface area contributed by atoms with Crippen LogP contribution in [0.25, 0.3) is 0 Å². The zero-order valence-corrected chi connectivity index (χ0v) is 42.7. The predicted octanol–water partition coefficient (Wildman–Crippen LogP) is 14.7. The molecule has 0 aliphatic carbocycles. The van der Waals surface area contributed by atoms with Gasteiger partial charge in [0.15, 0.2) is 0 Å². The molecule has 0 unspecified atom stereocenters. The van der Waals surface area contributed by atoms with E-state index in [4.69, 9.17) is 9.47 Å². The van der Waals surface area contributed by atoms with Gasteiger partial charge in [0, 0.05) is 37.2 Å². The fourth-order valence-electron chi connectivity index (χ4n) is 8.60. The summed E-state index contributed by atoms with van der Waals surface area (Å²) in [7, 11) is 3.98. The molecule has 0 radical (unpaired) electrons. The normalized spacial score (nSPS) is 12.7. The van der Waals surface area contributed by atoms with Crippen LogP contribution >= 0.6 is 11.3 Å². The summed E-state index contributed by atoms with van der Waals surface area (Å²) in [6, 6.07) is 0. The van der Waals surface area contributed by atoms with E-state index in [1.807, 2.05) is 19.0 Å². The molecule has 10 heteroatoms. The molecule has 64 heavy (non-hydrogen) atoms. The molecule has 1 aliphatic heterocycles. The van der Waals surface area contributed by atoms with Gasteiger partial charge in [-0.3, -0.25) is 14.4 Å². The summed E-state index contributed by atoms with van der Waals surface area (Å²) in [5.74, 6) is -0.609. The first-order valence-corrected chi connectivity index (χ1v) is 27.4. The Balaban J connectivity index is 1.85. The highest BCUT2D eigenvalue weighted by atomic mass is 32.1. The van der Waals surface area contributed by atoms with E-state index in [1.165, 1.54) is 133 Å². The molecule has 0 fully saturated rings. The first-order chi connectivity index (χ1) is 31.2. The van der Waals surface area contributed by atoms with Gasteiger partial charge in [-0.15, -0.1) is 11.3 Å². The topological polar surface area (TPSA) is 105 Å². The standard InChI is InChI=1S/C54H95N3O6S/c1-6-9-12-15-18-19-20-21-22-23-24-25-26-29-32-39-50(59)57-43-41-47-48(45-57)64-53(52(47)54(61)62-44-35-42-56(4)5)55-49(58)38-33-34-40-51(60)63-46(36-30-27-16-13-10-7-2)37-31-28-17-14-11-8-3/h21-22,46H,6-20,23-45H2,1-5H3,(H,55,58)/b22-21-. The van der Waals surface area contributed by atoms with Crippen LogP contribution < -0.4 is 5.32 Å². The number of hydrogen-bond acceptors (Lipinski definition) is 8. The molecule has 9 nitrogen and oxygen atoms in total. The van der Waals surface area contributed by atoms with Crippen LogP contribution in [0.15, 0.2) is 12.2 Å². The van der Waals surface area contributed by atoms with Crippen molar-refractivity contribution in [2.45, 2.75) is 252 Å². The second-order valence-electron chi connectivity index (χ2n) is 18.9. The summed E-state index contributed by atoms with van der Waals surface area (Å²) in [4.78, 5) is 58.1. The Morgan fingerprint density at radius 3 is 1.75 bits per heavy atom. The molecule has 2 amide bonds.